The number of nitrogens with one attached hydrogen (secondary N) is 5. The molecular formula is C62H77Cl3N14O9S2. The third-order valence-corrected chi connectivity index (χ3v) is 21.3. The van der Waals surface area contributed by atoms with Gasteiger partial charge in [0.05, 0.1) is 111 Å². The molecule has 0 bridgehead atoms. The van der Waals surface area contributed by atoms with E-state index in [2.05, 4.69) is 67.4 Å². The molecule has 5 N–H and O–H groups in total. The number of H-pyrrole nitrogens is 4. The van der Waals surface area contributed by atoms with Crippen LogP contribution in [-0.2, 0) is 43.8 Å². The fourth-order valence-corrected chi connectivity index (χ4v) is 16.0. The second-order valence-corrected chi connectivity index (χ2v) is 29.7. The zero-order chi connectivity index (χ0) is 62.7. The third kappa shape index (κ3) is 15.0. The number of sulfonamides is 2. The minimum atomic E-state index is -3.12. The van der Waals surface area contributed by atoms with Gasteiger partial charge in [0, 0.05) is 119 Å². The summed E-state index contributed by atoms with van der Waals surface area (Å²) < 4.78 is 66.1. The van der Waals surface area contributed by atoms with Crippen molar-refractivity contribution in [2.75, 3.05) is 127 Å². The van der Waals surface area contributed by atoms with E-state index >= 15 is 0 Å². The van der Waals surface area contributed by atoms with Crippen LogP contribution in [-0.4, -0.2) is 207 Å². The minimum Gasteiger partial charge on any atom is -0.380 e. The summed E-state index contributed by atoms with van der Waals surface area (Å²) in [5.41, 5.74) is 9.93. The lowest BCUT2D eigenvalue weighted by atomic mass is 9.81. The van der Waals surface area contributed by atoms with Crippen LogP contribution in [0, 0.1) is 11.8 Å². The molecule has 23 nitrogen and oxygen atoms in total. The van der Waals surface area contributed by atoms with Crippen LogP contribution in [0.1, 0.15) is 85.8 Å². The average molecular weight is 1330 g/mol. The van der Waals surface area contributed by atoms with Gasteiger partial charge in [0.25, 0.3) is 0 Å². The standard InChI is InChI=1S/C17H24N4O3S.C16H18ClN3O2.C15H17ClN4O2.C14H18ClN3O2S/c1-25(22,23)21-4-2-13(3-5-21)15-10-14(20-6-8-24-9-7-20)11-17-16(15)12-18-19-17;17-12-5-13(14-7-18-19-15(14)6-12)10-1-3-20(4-2-10)16(21)11-8-22-9-11;16-11-5-13-12(7-17-18-13)14(6-11)19-1-3-20(4-2-19)15(21)10-8-22-9-10;1-21(19,20)18-11-4-2-9(3-5-11)12-6-10(15)7-14-13(12)8-16-17-14/h10-13H,2-9H2,1H3,(H,18,19);5-7,10-11H,1-4,8-9H2,(H,18,19);5-7,10H,1-4,8-9H2,(H,17,18);6-9,11,18H,2-5H2,1H3,(H,16,17). The van der Waals surface area contributed by atoms with Crippen LogP contribution in [0.5, 0.6) is 0 Å². The summed E-state index contributed by atoms with van der Waals surface area (Å²) in [5.74, 6) is 1.83. The molecule has 4 aromatic carbocycles. The predicted octanol–water partition coefficient (Wildman–Crippen LogP) is 8.41. The Kier molecular flexibility index (Phi) is 19.9. The normalized spacial score (nSPS) is 21.1. The van der Waals surface area contributed by atoms with Gasteiger partial charge >= 0.3 is 0 Å². The molecule has 1 aliphatic carbocycles. The van der Waals surface area contributed by atoms with Gasteiger partial charge in [-0.2, -0.15) is 20.4 Å². The Morgan fingerprint density at radius 1 is 0.478 bits per heavy atom. The van der Waals surface area contributed by atoms with E-state index in [1.54, 1.807) is 4.31 Å². The molecular weight excluding hydrogens is 1260 g/mol. The molecule has 7 fully saturated rings. The van der Waals surface area contributed by atoms with E-state index in [-0.39, 0.29) is 29.7 Å². The second-order valence-electron chi connectivity index (χ2n) is 24.6. The largest absolute Gasteiger partial charge is 0.380 e. The first-order chi connectivity index (χ1) is 43.4. The van der Waals surface area contributed by atoms with Gasteiger partial charge in [-0.15, -0.1) is 0 Å². The van der Waals surface area contributed by atoms with Crippen molar-refractivity contribution in [2.45, 2.75) is 75.2 Å². The van der Waals surface area contributed by atoms with Gasteiger partial charge in [-0.05, 0) is 134 Å². The highest BCUT2D eigenvalue weighted by Crippen LogP contribution is 2.40. The molecule has 15 rings (SSSR count). The van der Waals surface area contributed by atoms with Crippen LogP contribution in [0.4, 0.5) is 11.4 Å². The summed E-state index contributed by atoms with van der Waals surface area (Å²) in [6, 6.07) is 16.2. The Morgan fingerprint density at radius 3 is 1.37 bits per heavy atom. The van der Waals surface area contributed by atoms with Gasteiger partial charge in [-0.25, -0.2) is 25.9 Å². The Morgan fingerprint density at radius 2 is 0.900 bits per heavy atom. The topological polar surface area (TPSA) is 273 Å². The van der Waals surface area contributed by atoms with Crippen LogP contribution in [0.15, 0.2) is 73.3 Å². The summed E-state index contributed by atoms with van der Waals surface area (Å²) >= 11 is 18.6. The SMILES string of the molecule is CS(=O)(=O)N1CCC(c2cc(N3CCOCC3)cc3[nH]ncc23)CC1.CS(=O)(=O)NC1CCC(c2cc(Cl)cc3[nH]ncc23)CC1.O=C(C1COC1)N1CCC(c2cc(Cl)cc3[nH]ncc23)CC1.O=C(C1COC1)N1CCN(c2cc(Cl)cc3[nH]ncc23)CC1. The quantitative estimate of drug-likeness (QED) is 0.0860. The number of rotatable bonds is 10. The number of carbonyl (C=O) groups excluding carboxylic acids is 2. The second kappa shape index (κ2) is 28.0. The van der Waals surface area contributed by atoms with E-state index in [0.29, 0.717) is 67.3 Å². The Hall–Kier alpha value is -6.13. The molecule has 0 unspecified atom stereocenters. The fourth-order valence-electron chi connectivity index (χ4n) is 13.6. The van der Waals surface area contributed by atoms with E-state index < -0.39 is 20.0 Å². The molecule has 0 atom stereocenters. The average Bonchev–Trinajstić information content (AvgIpc) is 2.10. The first-order valence-electron chi connectivity index (χ1n) is 31.0. The van der Waals surface area contributed by atoms with Gasteiger partial charge in [-0.3, -0.25) is 30.0 Å². The fraction of sp³-hybridized carbons (Fsp3) is 0.516. The van der Waals surface area contributed by atoms with Gasteiger partial charge in [0.15, 0.2) is 0 Å². The molecule has 1 saturated carbocycles. The molecule has 90 heavy (non-hydrogen) atoms. The number of fused-ring (bicyclic) bond motifs is 4. The highest BCUT2D eigenvalue weighted by Gasteiger charge is 2.35. The van der Waals surface area contributed by atoms with E-state index in [4.69, 9.17) is 49.0 Å². The number of nitrogens with zero attached hydrogens (tertiary/aromatic N) is 9. The molecule has 6 saturated heterocycles. The number of morpholine rings is 1. The summed E-state index contributed by atoms with van der Waals surface area (Å²) in [5, 5.41) is 35.1. The maximum atomic E-state index is 12.3. The molecule has 7 aliphatic rings. The molecule has 6 aliphatic heterocycles. The van der Waals surface area contributed by atoms with Crippen molar-refractivity contribution in [3.8, 4) is 0 Å². The lowest BCUT2D eigenvalue weighted by molar-refractivity contribution is -0.151. The van der Waals surface area contributed by atoms with E-state index in [0.717, 1.165) is 171 Å². The lowest BCUT2D eigenvalue weighted by Gasteiger charge is -2.39. The van der Waals surface area contributed by atoms with Gasteiger partial charge < -0.3 is 33.8 Å². The number of piperazine rings is 1. The number of amides is 2. The monoisotopic (exact) mass is 1330 g/mol. The van der Waals surface area contributed by atoms with Crippen LogP contribution in [0.3, 0.4) is 0 Å². The van der Waals surface area contributed by atoms with Crippen LogP contribution < -0.4 is 14.5 Å². The molecule has 4 aromatic heterocycles. The zero-order valence-electron chi connectivity index (χ0n) is 50.5. The number of aromatic amines is 4. The molecule has 0 radical (unpaired) electrons. The first-order valence-corrected chi connectivity index (χ1v) is 35.8. The molecule has 10 heterocycles. The highest BCUT2D eigenvalue weighted by atomic mass is 35.5. The number of carbonyl (C=O) groups is 2. The molecule has 2 amide bonds. The Balaban J connectivity index is 0.000000116. The zero-order valence-corrected chi connectivity index (χ0v) is 54.4. The summed E-state index contributed by atoms with van der Waals surface area (Å²) in [6.07, 6.45) is 17.2. The number of ether oxygens (including phenoxy) is 3. The van der Waals surface area contributed by atoms with Gasteiger partial charge in [-0.1, -0.05) is 34.8 Å². The molecule has 28 heteroatoms. The number of hydrogen-bond donors (Lipinski definition) is 5. The van der Waals surface area contributed by atoms with Crippen molar-refractivity contribution in [2.24, 2.45) is 11.8 Å². The maximum absolute atomic E-state index is 12.3. The first kappa shape index (κ1) is 64.0. The number of hydrogen-bond acceptors (Lipinski definition) is 15. The van der Waals surface area contributed by atoms with Crippen molar-refractivity contribution < 1.29 is 40.6 Å². The van der Waals surface area contributed by atoms with Crippen LogP contribution in [0.25, 0.3) is 43.6 Å². The molecule has 8 aromatic rings. The maximum Gasteiger partial charge on any atom is 0.230 e. The summed E-state index contributed by atoms with van der Waals surface area (Å²) in [6.45, 7) is 11.5. The van der Waals surface area contributed by atoms with Crippen molar-refractivity contribution in [3.05, 3.63) is 105 Å². The molecule has 0 spiro atoms. The number of benzene rings is 4. The summed E-state index contributed by atoms with van der Waals surface area (Å²) in [7, 11) is -6.22. The van der Waals surface area contributed by atoms with Gasteiger partial charge in [0.1, 0.15) is 0 Å². The number of piperidine rings is 2. The van der Waals surface area contributed by atoms with E-state index in [1.807, 2.05) is 71.0 Å². The minimum absolute atomic E-state index is 0.0512. The Labute approximate surface area is 538 Å². The van der Waals surface area contributed by atoms with Crippen LogP contribution in [0.2, 0.25) is 15.1 Å². The van der Waals surface area contributed by atoms with Crippen molar-refractivity contribution in [1.82, 2.24) is 59.6 Å². The predicted molar refractivity (Wildman–Crippen MR) is 350 cm³/mol. The number of aromatic nitrogens is 8. The molecule has 482 valence electrons. The number of halogens is 3. The van der Waals surface area contributed by atoms with Crippen molar-refractivity contribution in [1.29, 1.82) is 0 Å². The highest BCUT2D eigenvalue weighted by molar-refractivity contribution is 7.88. The van der Waals surface area contributed by atoms with Crippen molar-refractivity contribution in [3.63, 3.8) is 0 Å². The third-order valence-electron chi connectivity index (χ3n) is 18.6. The lowest BCUT2D eigenvalue weighted by Crippen LogP contribution is -2.53. The summed E-state index contributed by atoms with van der Waals surface area (Å²) in [4.78, 5) is 33.0. The van der Waals surface area contributed by atoms with E-state index in [9.17, 15) is 26.4 Å². The van der Waals surface area contributed by atoms with Gasteiger partial charge in [0.2, 0.25) is 31.9 Å². The van der Waals surface area contributed by atoms with E-state index in [1.165, 1.54) is 34.9 Å². The smallest absolute Gasteiger partial charge is 0.230 e. The Bertz CT molecular complexity index is 3920. The number of anilines is 2. The number of likely N-dealkylation sites (tertiary alicyclic amines) is 1. The van der Waals surface area contributed by atoms with Crippen LogP contribution >= 0.6 is 34.8 Å². The van der Waals surface area contributed by atoms with Crippen molar-refractivity contribution >= 4 is 122 Å².